The van der Waals surface area contributed by atoms with Crippen LogP contribution in [0, 0.1) is 0 Å². The lowest BCUT2D eigenvalue weighted by Gasteiger charge is -2.16. The van der Waals surface area contributed by atoms with Gasteiger partial charge in [0.05, 0.1) is 5.56 Å². The molecule has 3 nitrogen and oxygen atoms in total. The molecule has 0 aliphatic heterocycles. The Labute approximate surface area is 114 Å². The van der Waals surface area contributed by atoms with Crippen molar-refractivity contribution in [3.8, 4) is 0 Å². The van der Waals surface area contributed by atoms with E-state index in [4.69, 9.17) is 5.11 Å². The van der Waals surface area contributed by atoms with Crippen molar-refractivity contribution < 1.29 is 9.90 Å². The Kier molecular flexibility index (Phi) is 5.85. The van der Waals surface area contributed by atoms with Gasteiger partial charge in [-0.25, -0.2) is 4.79 Å². The van der Waals surface area contributed by atoms with E-state index in [1.54, 1.807) is 12.1 Å². The van der Waals surface area contributed by atoms with Crippen LogP contribution in [-0.4, -0.2) is 28.6 Å². The van der Waals surface area contributed by atoms with E-state index in [2.05, 4.69) is 35.1 Å². The van der Waals surface area contributed by atoms with Gasteiger partial charge in [-0.1, -0.05) is 22.9 Å². The Morgan fingerprint density at radius 2 is 2.29 bits per heavy atom. The second-order valence-corrected chi connectivity index (χ2v) is 5.93. The zero-order valence-corrected chi connectivity index (χ0v) is 12.3. The molecule has 0 saturated heterocycles. The van der Waals surface area contributed by atoms with Gasteiger partial charge in [0.1, 0.15) is 0 Å². The van der Waals surface area contributed by atoms with E-state index in [9.17, 15) is 4.79 Å². The molecule has 17 heavy (non-hydrogen) atoms. The molecule has 2 N–H and O–H groups in total. The summed E-state index contributed by atoms with van der Waals surface area (Å²) < 4.78 is 0.774. The van der Waals surface area contributed by atoms with Gasteiger partial charge in [0.2, 0.25) is 0 Å². The van der Waals surface area contributed by atoms with Crippen LogP contribution < -0.4 is 5.32 Å². The summed E-state index contributed by atoms with van der Waals surface area (Å²) in [7, 11) is 0. The van der Waals surface area contributed by atoms with Crippen LogP contribution in [0.3, 0.4) is 0 Å². The lowest BCUT2D eigenvalue weighted by Crippen LogP contribution is -2.19. The standard InChI is InChI=1S/C12H16BrNO2S/c1-3-17-7-8(2)14-11-5-4-9(13)6-10(11)12(15)16/h4-6,8,14H,3,7H2,1-2H3,(H,15,16). The van der Waals surface area contributed by atoms with E-state index >= 15 is 0 Å². The lowest BCUT2D eigenvalue weighted by atomic mass is 10.1. The molecule has 0 heterocycles. The highest BCUT2D eigenvalue weighted by atomic mass is 79.9. The normalized spacial score (nSPS) is 12.2. The minimum atomic E-state index is -0.913. The number of carbonyl (C=O) groups is 1. The molecule has 0 bridgehead atoms. The van der Waals surface area contributed by atoms with Gasteiger partial charge in [0.15, 0.2) is 0 Å². The van der Waals surface area contributed by atoms with Gasteiger partial charge in [-0.2, -0.15) is 11.8 Å². The van der Waals surface area contributed by atoms with Crippen molar-refractivity contribution in [2.45, 2.75) is 19.9 Å². The molecule has 94 valence electrons. The number of hydrogen-bond donors (Lipinski definition) is 2. The van der Waals surface area contributed by atoms with Crippen molar-refractivity contribution in [1.82, 2.24) is 0 Å². The number of carboxylic acid groups (broad SMARTS) is 1. The minimum absolute atomic E-state index is 0.249. The SMILES string of the molecule is CCSCC(C)Nc1ccc(Br)cc1C(=O)O. The van der Waals surface area contributed by atoms with Crippen LogP contribution in [0.15, 0.2) is 22.7 Å². The van der Waals surface area contributed by atoms with Crippen molar-refractivity contribution in [3.05, 3.63) is 28.2 Å². The maximum atomic E-state index is 11.1. The van der Waals surface area contributed by atoms with E-state index in [1.165, 1.54) is 0 Å². The third kappa shape index (κ3) is 4.60. The summed E-state index contributed by atoms with van der Waals surface area (Å²) in [5.41, 5.74) is 0.970. The van der Waals surface area contributed by atoms with Crippen molar-refractivity contribution in [2.24, 2.45) is 0 Å². The fraction of sp³-hybridized carbons (Fsp3) is 0.417. The van der Waals surface area contributed by atoms with Crippen LogP contribution in [0.2, 0.25) is 0 Å². The molecule has 0 aliphatic rings. The van der Waals surface area contributed by atoms with E-state index in [1.807, 2.05) is 17.8 Å². The van der Waals surface area contributed by atoms with Gasteiger partial charge < -0.3 is 10.4 Å². The molecule has 1 aromatic rings. The predicted molar refractivity (Wildman–Crippen MR) is 77.2 cm³/mol. The molecule has 0 amide bonds. The molecular formula is C12H16BrNO2S. The largest absolute Gasteiger partial charge is 0.478 e. The van der Waals surface area contributed by atoms with Gasteiger partial charge in [-0.05, 0) is 30.9 Å². The van der Waals surface area contributed by atoms with E-state index < -0.39 is 5.97 Å². The monoisotopic (exact) mass is 317 g/mol. The highest BCUT2D eigenvalue weighted by Crippen LogP contribution is 2.22. The first kappa shape index (κ1) is 14.4. The Balaban J connectivity index is 2.79. The molecule has 0 radical (unpaired) electrons. The van der Waals surface area contributed by atoms with Gasteiger partial charge in [-0.15, -0.1) is 0 Å². The number of halogens is 1. The molecule has 0 fully saturated rings. The second kappa shape index (κ2) is 6.91. The summed E-state index contributed by atoms with van der Waals surface area (Å²) in [4.78, 5) is 11.1. The van der Waals surface area contributed by atoms with Gasteiger partial charge in [0, 0.05) is 22.0 Å². The van der Waals surface area contributed by atoms with E-state index in [0.717, 1.165) is 16.0 Å². The van der Waals surface area contributed by atoms with Crippen LogP contribution in [0.4, 0.5) is 5.69 Å². The number of benzene rings is 1. The Bertz CT molecular complexity index is 398. The summed E-state index contributed by atoms with van der Waals surface area (Å²) in [5, 5.41) is 12.3. The van der Waals surface area contributed by atoms with Crippen LogP contribution in [0.5, 0.6) is 0 Å². The Hall–Kier alpha value is -0.680. The predicted octanol–water partition coefficient (Wildman–Crippen LogP) is 3.70. The summed E-state index contributed by atoms with van der Waals surface area (Å²) in [6.07, 6.45) is 0. The van der Waals surface area contributed by atoms with Crippen LogP contribution in [0.25, 0.3) is 0 Å². The van der Waals surface area contributed by atoms with Crippen molar-refractivity contribution in [3.63, 3.8) is 0 Å². The quantitative estimate of drug-likeness (QED) is 0.840. The molecule has 1 rings (SSSR count). The lowest BCUT2D eigenvalue weighted by molar-refractivity contribution is 0.0698. The first-order valence-corrected chi connectivity index (χ1v) is 7.36. The maximum Gasteiger partial charge on any atom is 0.337 e. The molecule has 0 saturated carbocycles. The van der Waals surface area contributed by atoms with Crippen molar-refractivity contribution >= 4 is 39.3 Å². The Morgan fingerprint density at radius 3 is 2.88 bits per heavy atom. The number of thioether (sulfide) groups is 1. The molecule has 1 unspecified atom stereocenters. The maximum absolute atomic E-state index is 11.1. The summed E-state index contributed by atoms with van der Waals surface area (Å²) >= 11 is 5.11. The van der Waals surface area contributed by atoms with Crippen LogP contribution in [-0.2, 0) is 0 Å². The number of nitrogens with one attached hydrogen (secondary N) is 1. The molecule has 1 atom stereocenters. The first-order chi connectivity index (χ1) is 8.04. The average Bonchev–Trinajstić information content (AvgIpc) is 2.28. The third-order valence-electron chi connectivity index (χ3n) is 2.19. The average molecular weight is 318 g/mol. The number of hydrogen-bond acceptors (Lipinski definition) is 3. The van der Waals surface area contributed by atoms with Crippen LogP contribution >= 0.6 is 27.7 Å². The molecule has 0 spiro atoms. The third-order valence-corrected chi connectivity index (χ3v) is 3.82. The zero-order chi connectivity index (χ0) is 12.8. The van der Waals surface area contributed by atoms with Crippen molar-refractivity contribution in [2.75, 3.05) is 16.8 Å². The van der Waals surface area contributed by atoms with Crippen LogP contribution in [0.1, 0.15) is 24.2 Å². The first-order valence-electron chi connectivity index (χ1n) is 5.41. The second-order valence-electron chi connectivity index (χ2n) is 3.70. The fourth-order valence-electron chi connectivity index (χ4n) is 1.42. The Morgan fingerprint density at radius 1 is 1.59 bits per heavy atom. The summed E-state index contributed by atoms with van der Waals surface area (Å²) in [6, 6.07) is 5.50. The topological polar surface area (TPSA) is 49.3 Å². The number of rotatable bonds is 6. The highest BCUT2D eigenvalue weighted by molar-refractivity contribution is 9.10. The molecule has 1 aromatic carbocycles. The van der Waals surface area contributed by atoms with E-state index in [-0.39, 0.29) is 6.04 Å². The van der Waals surface area contributed by atoms with Gasteiger partial charge in [0.25, 0.3) is 0 Å². The molecule has 0 aromatic heterocycles. The highest BCUT2D eigenvalue weighted by Gasteiger charge is 2.12. The van der Waals surface area contributed by atoms with E-state index in [0.29, 0.717) is 11.3 Å². The van der Waals surface area contributed by atoms with Gasteiger partial charge in [-0.3, -0.25) is 0 Å². The molecule has 5 heteroatoms. The van der Waals surface area contributed by atoms with Gasteiger partial charge >= 0.3 is 5.97 Å². The number of anilines is 1. The molecule has 0 aliphatic carbocycles. The smallest absolute Gasteiger partial charge is 0.337 e. The zero-order valence-electron chi connectivity index (χ0n) is 9.87. The summed E-state index contributed by atoms with van der Waals surface area (Å²) in [6.45, 7) is 4.16. The fourth-order valence-corrected chi connectivity index (χ4v) is 2.45. The minimum Gasteiger partial charge on any atom is -0.478 e. The molecular weight excluding hydrogens is 302 g/mol. The number of aromatic carboxylic acids is 1. The summed E-state index contributed by atoms with van der Waals surface area (Å²) in [5.74, 6) is 1.12. The van der Waals surface area contributed by atoms with Crippen molar-refractivity contribution in [1.29, 1.82) is 0 Å². The number of carboxylic acids is 1.